The van der Waals surface area contributed by atoms with Crippen molar-refractivity contribution in [3.63, 3.8) is 0 Å². The molecule has 2 N–H and O–H groups in total. The van der Waals surface area contributed by atoms with E-state index in [0.29, 0.717) is 18.1 Å². The molecule has 1 aromatic carbocycles. The van der Waals surface area contributed by atoms with Gasteiger partial charge in [0.15, 0.2) is 5.75 Å². The van der Waals surface area contributed by atoms with Crippen molar-refractivity contribution < 1.29 is 14.5 Å². The van der Waals surface area contributed by atoms with Crippen LogP contribution in [0.25, 0.3) is 0 Å². The van der Waals surface area contributed by atoms with Crippen molar-refractivity contribution in [3.05, 3.63) is 33.9 Å². The Kier molecular flexibility index (Phi) is 11.2. The van der Waals surface area contributed by atoms with Gasteiger partial charge in [-0.25, -0.2) is 0 Å². The van der Waals surface area contributed by atoms with Gasteiger partial charge < -0.3 is 15.4 Å². The Morgan fingerprint density at radius 1 is 1.39 bits per heavy atom. The molecule has 0 atom stereocenters. The summed E-state index contributed by atoms with van der Waals surface area (Å²) in [6.07, 6.45) is 0.886. The third-order valence-electron chi connectivity index (χ3n) is 2.87. The minimum Gasteiger partial charge on any atom is -0.490 e. The number of hydrogen-bond donors (Lipinski definition) is 2. The molecular formula is C14H22ClN3O4S. The number of nitro benzene ring substituents is 1. The fourth-order valence-corrected chi connectivity index (χ4v) is 2.58. The highest BCUT2D eigenvalue weighted by molar-refractivity contribution is 7.99. The Bertz CT molecular complexity index is 517. The SMILES string of the molecule is CNCCCNC(=O)CSCc1ccc(OC)c([N+](=O)[O-])c1.Cl. The molecule has 1 amide bonds. The van der Waals surface area contributed by atoms with E-state index in [4.69, 9.17) is 4.74 Å². The van der Waals surface area contributed by atoms with Crippen molar-refractivity contribution in [1.82, 2.24) is 10.6 Å². The highest BCUT2D eigenvalue weighted by atomic mass is 35.5. The molecule has 1 rings (SSSR count). The van der Waals surface area contributed by atoms with Crippen LogP contribution in [0.1, 0.15) is 12.0 Å². The molecule has 130 valence electrons. The number of nitro groups is 1. The maximum atomic E-state index is 11.6. The number of nitrogens with one attached hydrogen (secondary N) is 2. The number of ether oxygens (including phenoxy) is 1. The second-order valence-electron chi connectivity index (χ2n) is 4.56. The summed E-state index contributed by atoms with van der Waals surface area (Å²) >= 11 is 1.42. The molecule has 0 aliphatic heterocycles. The van der Waals surface area contributed by atoms with E-state index in [9.17, 15) is 14.9 Å². The average molecular weight is 364 g/mol. The Hall–Kier alpha value is -1.51. The first-order valence-corrected chi connectivity index (χ1v) is 8.04. The zero-order chi connectivity index (χ0) is 16.4. The molecule has 0 bridgehead atoms. The third-order valence-corrected chi connectivity index (χ3v) is 3.87. The van der Waals surface area contributed by atoms with Gasteiger partial charge in [-0.15, -0.1) is 24.2 Å². The number of halogens is 1. The fourth-order valence-electron chi connectivity index (χ4n) is 1.77. The first kappa shape index (κ1) is 21.5. The third kappa shape index (κ3) is 8.06. The second-order valence-corrected chi connectivity index (χ2v) is 5.55. The van der Waals surface area contributed by atoms with Gasteiger partial charge in [0.25, 0.3) is 0 Å². The quantitative estimate of drug-likeness (QED) is 0.375. The first-order valence-electron chi connectivity index (χ1n) is 6.88. The monoisotopic (exact) mass is 363 g/mol. The summed E-state index contributed by atoms with van der Waals surface area (Å²) < 4.78 is 4.95. The van der Waals surface area contributed by atoms with E-state index in [1.54, 1.807) is 12.1 Å². The minimum atomic E-state index is -0.471. The van der Waals surface area contributed by atoms with Crippen molar-refractivity contribution >= 4 is 35.8 Å². The largest absolute Gasteiger partial charge is 0.490 e. The maximum Gasteiger partial charge on any atom is 0.311 e. The van der Waals surface area contributed by atoms with Gasteiger partial charge in [0.2, 0.25) is 5.91 Å². The number of benzene rings is 1. The van der Waals surface area contributed by atoms with Crippen LogP contribution in [-0.4, -0.2) is 43.8 Å². The number of carbonyl (C=O) groups is 1. The summed E-state index contributed by atoms with van der Waals surface area (Å²) in [5.74, 6) is 1.08. The molecule has 0 fully saturated rings. The van der Waals surface area contributed by atoms with Crippen LogP contribution in [0.3, 0.4) is 0 Å². The predicted molar refractivity (Wildman–Crippen MR) is 94.6 cm³/mol. The zero-order valence-electron chi connectivity index (χ0n) is 13.2. The Labute approximate surface area is 146 Å². The van der Waals surface area contributed by atoms with Gasteiger partial charge >= 0.3 is 5.69 Å². The van der Waals surface area contributed by atoms with Gasteiger partial charge in [0, 0.05) is 18.4 Å². The van der Waals surface area contributed by atoms with Crippen molar-refractivity contribution in [1.29, 1.82) is 0 Å². The van der Waals surface area contributed by atoms with E-state index < -0.39 is 4.92 Å². The zero-order valence-corrected chi connectivity index (χ0v) is 14.8. The number of thioether (sulfide) groups is 1. The first-order chi connectivity index (χ1) is 10.6. The van der Waals surface area contributed by atoms with Gasteiger partial charge in [-0.3, -0.25) is 14.9 Å². The van der Waals surface area contributed by atoms with Crippen LogP contribution < -0.4 is 15.4 Å². The fraction of sp³-hybridized carbons (Fsp3) is 0.500. The Balaban J connectivity index is 0.00000484. The lowest BCUT2D eigenvalue weighted by molar-refractivity contribution is -0.385. The van der Waals surface area contributed by atoms with Crippen molar-refractivity contribution in [2.24, 2.45) is 0 Å². The lowest BCUT2D eigenvalue weighted by Crippen LogP contribution is -2.28. The van der Waals surface area contributed by atoms with Crippen LogP contribution in [-0.2, 0) is 10.5 Å². The number of hydrogen-bond acceptors (Lipinski definition) is 6. The molecular weight excluding hydrogens is 342 g/mol. The maximum absolute atomic E-state index is 11.6. The smallest absolute Gasteiger partial charge is 0.311 e. The number of rotatable bonds is 10. The van der Waals surface area contributed by atoms with Crippen LogP contribution >= 0.6 is 24.2 Å². The summed E-state index contributed by atoms with van der Waals surface area (Å²) in [5, 5.41) is 16.8. The van der Waals surface area contributed by atoms with Crippen molar-refractivity contribution in [2.45, 2.75) is 12.2 Å². The number of methoxy groups -OCH3 is 1. The van der Waals surface area contributed by atoms with Crippen LogP contribution in [0.2, 0.25) is 0 Å². The van der Waals surface area contributed by atoms with E-state index in [1.807, 2.05) is 7.05 Å². The molecule has 0 unspecified atom stereocenters. The molecule has 0 spiro atoms. The molecule has 9 heteroatoms. The topological polar surface area (TPSA) is 93.5 Å². The Morgan fingerprint density at radius 3 is 2.74 bits per heavy atom. The molecule has 7 nitrogen and oxygen atoms in total. The van der Waals surface area contributed by atoms with Crippen LogP contribution in [0.4, 0.5) is 5.69 Å². The van der Waals surface area contributed by atoms with E-state index in [0.717, 1.165) is 18.5 Å². The standard InChI is InChI=1S/C14H21N3O4S.ClH/c1-15-6-3-7-16-14(18)10-22-9-11-4-5-13(21-2)12(8-11)17(19)20;/h4-5,8,15H,3,6-7,9-10H2,1-2H3,(H,16,18);1H. The molecule has 0 saturated carbocycles. The minimum absolute atomic E-state index is 0. The molecule has 0 aromatic heterocycles. The van der Waals surface area contributed by atoms with Gasteiger partial charge in [0.1, 0.15) is 0 Å². The highest BCUT2D eigenvalue weighted by Gasteiger charge is 2.15. The number of carbonyl (C=O) groups excluding carboxylic acids is 1. The lowest BCUT2D eigenvalue weighted by Gasteiger charge is -2.06. The molecule has 0 aliphatic carbocycles. The van der Waals surface area contributed by atoms with E-state index >= 15 is 0 Å². The van der Waals surface area contributed by atoms with Gasteiger partial charge in [0.05, 0.1) is 17.8 Å². The van der Waals surface area contributed by atoms with Crippen LogP contribution in [0.15, 0.2) is 18.2 Å². The van der Waals surface area contributed by atoms with E-state index in [-0.39, 0.29) is 29.8 Å². The van der Waals surface area contributed by atoms with Crippen LogP contribution in [0.5, 0.6) is 5.75 Å². The molecule has 0 saturated heterocycles. The van der Waals surface area contributed by atoms with E-state index in [1.165, 1.54) is 24.9 Å². The highest BCUT2D eigenvalue weighted by Crippen LogP contribution is 2.28. The van der Waals surface area contributed by atoms with Crippen molar-refractivity contribution in [2.75, 3.05) is 33.0 Å². The van der Waals surface area contributed by atoms with Crippen molar-refractivity contribution in [3.8, 4) is 5.75 Å². The van der Waals surface area contributed by atoms with Crippen LogP contribution in [0, 0.1) is 10.1 Å². The summed E-state index contributed by atoms with van der Waals surface area (Å²) in [4.78, 5) is 22.1. The van der Waals surface area contributed by atoms with Gasteiger partial charge in [-0.1, -0.05) is 6.07 Å². The summed E-state index contributed by atoms with van der Waals surface area (Å²) in [5.41, 5.74) is 0.734. The van der Waals surface area contributed by atoms with Gasteiger partial charge in [-0.05, 0) is 31.6 Å². The normalized spacial score (nSPS) is 9.83. The summed E-state index contributed by atoms with van der Waals surface area (Å²) in [6, 6.07) is 4.83. The average Bonchev–Trinajstić information content (AvgIpc) is 2.51. The molecule has 1 aromatic rings. The van der Waals surface area contributed by atoms with Gasteiger partial charge in [-0.2, -0.15) is 0 Å². The number of nitrogens with zero attached hydrogens (tertiary/aromatic N) is 1. The predicted octanol–water partition coefficient (Wildman–Crippen LogP) is 1.98. The summed E-state index contributed by atoms with van der Waals surface area (Å²) in [6.45, 7) is 1.51. The number of amides is 1. The Morgan fingerprint density at radius 2 is 2.13 bits per heavy atom. The molecule has 23 heavy (non-hydrogen) atoms. The molecule has 0 radical (unpaired) electrons. The summed E-state index contributed by atoms with van der Waals surface area (Å²) in [7, 11) is 3.26. The second kappa shape index (κ2) is 12.0. The molecule has 0 aliphatic rings. The molecule has 0 heterocycles. The lowest BCUT2D eigenvalue weighted by atomic mass is 10.2. The van der Waals surface area contributed by atoms with E-state index in [2.05, 4.69) is 10.6 Å².